The molecule has 0 spiro atoms. The zero-order valence-electron chi connectivity index (χ0n) is 14.7. The van der Waals surface area contributed by atoms with Crippen LogP contribution >= 0.6 is 0 Å². The Morgan fingerprint density at radius 3 is 2.73 bits per heavy atom. The summed E-state index contributed by atoms with van der Waals surface area (Å²) in [6, 6.07) is 9.01. The second-order valence-corrected chi connectivity index (χ2v) is 6.34. The van der Waals surface area contributed by atoms with Gasteiger partial charge in [0.1, 0.15) is 6.61 Å². The normalized spacial score (nSPS) is 17.9. The van der Waals surface area contributed by atoms with Crippen LogP contribution in [0.25, 0.3) is 0 Å². The van der Waals surface area contributed by atoms with Crippen molar-refractivity contribution in [3.05, 3.63) is 48.6 Å². The predicted molar refractivity (Wildman–Crippen MR) is 98.2 cm³/mol. The highest BCUT2D eigenvalue weighted by Gasteiger charge is 2.29. The van der Waals surface area contributed by atoms with E-state index < -0.39 is 19.2 Å². The van der Waals surface area contributed by atoms with Crippen LogP contribution in [0.2, 0.25) is 0 Å². The first-order chi connectivity index (χ1) is 12.5. The highest BCUT2D eigenvalue weighted by atomic mass is 16.5. The van der Waals surface area contributed by atoms with Crippen molar-refractivity contribution in [1.82, 2.24) is 10.2 Å². The molecule has 1 aromatic rings. The lowest BCUT2D eigenvalue weighted by molar-refractivity contribution is -0.130. The van der Waals surface area contributed by atoms with Gasteiger partial charge in [0.05, 0.1) is 12.0 Å². The lowest BCUT2D eigenvalue weighted by atomic mass is 9.76. The van der Waals surface area contributed by atoms with Crippen LogP contribution in [0.4, 0.5) is 4.79 Å². The summed E-state index contributed by atoms with van der Waals surface area (Å²) in [5.41, 5.74) is 0.862. The Morgan fingerprint density at radius 2 is 2.08 bits per heavy atom. The van der Waals surface area contributed by atoms with E-state index in [1.807, 2.05) is 30.3 Å². The number of rotatable bonds is 7. The van der Waals surface area contributed by atoms with Gasteiger partial charge in [0.15, 0.2) is 0 Å². The summed E-state index contributed by atoms with van der Waals surface area (Å²) < 4.78 is 5.22. The predicted octanol–water partition coefficient (Wildman–Crippen LogP) is 0.903. The number of ether oxygens (including phenoxy) is 1. The molecule has 0 bridgehead atoms. The number of amides is 2. The molecule has 1 heterocycles. The van der Waals surface area contributed by atoms with Gasteiger partial charge in [-0.05, 0) is 37.3 Å². The summed E-state index contributed by atoms with van der Waals surface area (Å²) in [4.78, 5) is 25.6. The molecule has 1 aliphatic rings. The third kappa shape index (κ3) is 5.89. The van der Waals surface area contributed by atoms with E-state index in [-0.39, 0.29) is 25.0 Å². The van der Waals surface area contributed by atoms with E-state index in [0.29, 0.717) is 6.54 Å². The summed E-state index contributed by atoms with van der Waals surface area (Å²) in [7, 11) is -1.71. The maximum Gasteiger partial charge on any atom is 0.475 e. The van der Waals surface area contributed by atoms with Gasteiger partial charge in [0.25, 0.3) is 0 Å². The third-order valence-electron chi connectivity index (χ3n) is 4.45. The van der Waals surface area contributed by atoms with E-state index in [0.717, 1.165) is 24.8 Å². The smallest absolute Gasteiger partial charge is 0.447 e. The number of hydrogen-bond acceptors (Lipinski definition) is 5. The van der Waals surface area contributed by atoms with Crippen LogP contribution in [-0.4, -0.2) is 59.2 Å². The molecular weight excluding hydrogens is 335 g/mol. The van der Waals surface area contributed by atoms with Crippen molar-refractivity contribution in [3.63, 3.8) is 0 Å². The maximum absolute atomic E-state index is 12.1. The first-order valence-corrected chi connectivity index (χ1v) is 8.77. The van der Waals surface area contributed by atoms with Crippen molar-refractivity contribution in [2.24, 2.45) is 0 Å². The van der Waals surface area contributed by atoms with Crippen molar-refractivity contribution >= 4 is 19.1 Å². The van der Waals surface area contributed by atoms with Crippen LogP contribution < -0.4 is 5.32 Å². The molecule has 0 saturated carbocycles. The van der Waals surface area contributed by atoms with Crippen LogP contribution in [0.15, 0.2) is 43.0 Å². The molecule has 0 unspecified atom stereocenters. The minimum Gasteiger partial charge on any atom is -0.447 e. The van der Waals surface area contributed by atoms with E-state index in [2.05, 4.69) is 11.9 Å². The zero-order chi connectivity index (χ0) is 18.9. The Hall–Kier alpha value is -2.32. The zero-order valence-corrected chi connectivity index (χ0v) is 14.7. The van der Waals surface area contributed by atoms with Gasteiger partial charge in [0.2, 0.25) is 5.91 Å². The SMILES string of the molecule is C=CC(=O)N1CCCC[C@@H]1COC(=O)N[C@@H](Cc1ccccc1)B(O)O. The lowest BCUT2D eigenvalue weighted by Gasteiger charge is -2.34. The van der Waals surface area contributed by atoms with E-state index in [9.17, 15) is 19.6 Å². The van der Waals surface area contributed by atoms with Crippen LogP contribution in [0.5, 0.6) is 0 Å². The average Bonchev–Trinajstić information content (AvgIpc) is 2.66. The second-order valence-electron chi connectivity index (χ2n) is 6.34. The summed E-state index contributed by atoms with van der Waals surface area (Å²) in [6.45, 7) is 4.18. The topological polar surface area (TPSA) is 99.1 Å². The summed E-state index contributed by atoms with van der Waals surface area (Å²) in [5.74, 6) is -1.06. The average molecular weight is 360 g/mol. The largest absolute Gasteiger partial charge is 0.475 e. The molecule has 0 radical (unpaired) electrons. The standard InChI is InChI=1S/C18H25BN2O5/c1-2-17(22)21-11-7-6-10-15(21)13-26-18(23)20-16(19(24)25)12-14-8-4-3-5-9-14/h2-5,8-9,15-16,24-25H,1,6-7,10-13H2,(H,20,23)/t15-,16+/m1/s1. The van der Waals surface area contributed by atoms with Gasteiger partial charge in [-0.15, -0.1) is 0 Å². The summed E-state index contributed by atoms with van der Waals surface area (Å²) in [5, 5.41) is 21.5. The third-order valence-corrected chi connectivity index (χ3v) is 4.45. The Labute approximate surface area is 153 Å². The lowest BCUT2D eigenvalue weighted by Crippen LogP contribution is -2.50. The Balaban J connectivity index is 1.87. The number of carbonyl (C=O) groups is 2. The molecule has 2 amide bonds. The molecular formula is C18H25BN2O5. The van der Waals surface area contributed by atoms with Crippen LogP contribution in [0, 0.1) is 0 Å². The van der Waals surface area contributed by atoms with Crippen molar-refractivity contribution in [2.45, 2.75) is 37.7 Å². The number of carbonyl (C=O) groups excluding carboxylic acids is 2. The fourth-order valence-electron chi connectivity index (χ4n) is 3.05. The fourth-order valence-corrected chi connectivity index (χ4v) is 3.05. The molecule has 26 heavy (non-hydrogen) atoms. The molecule has 3 N–H and O–H groups in total. The number of piperidine rings is 1. The molecule has 1 aliphatic heterocycles. The fraction of sp³-hybridized carbons (Fsp3) is 0.444. The number of alkyl carbamates (subject to hydrolysis) is 1. The second kappa shape index (κ2) is 9.99. The minimum atomic E-state index is -1.71. The first kappa shape index (κ1) is 20.0. The molecule has 1 fully saturated rings. The first-order valence-electron chi connectivity index (χ1n) is 8.77. The van der Waals surface area contributed by atoms with E-state index in [1.165, 1.54) is 6.08 Å². The van der Waals surface area contributed by atoms with Gasteiger partial charge in [-0.2, -0.15) is 0 Å². The molecule has 7 nitrogen and oxygen atoms in total. The van der Waals surface area contributed by atoms with Crippen LogP contribution in [0.1, 0.15) is 24.8 Å². The number of hydrogen-bond donors (Lipinski definition) is 3. The van der Waals surface area contributed by atoms with Crippen molar-refractivity contribution in [1.29, 1.82) is 0 Å². The highest BCUT2D eigenvalue weighted by molar-refractivity contribution is 6.43. The van der Waals surface area contributed by atoms with E-state index in [4.69, 9.17) is 4.74 Å². The molecule has 1 aromatic carbocycles. The van der Waals surface area contributed by atoms with Crippen molar-refractivity contribution in [2.75, 3.05) is 13.2 Å². The molecule has 1 saturated heterocycles. The number of likely N-dealkylation sites (tertiary alicyclic amines) is 1. The van der Waals surface area contributed by atoms with Gasteiger partial charge < -0.3 is 25.0 Å². The molecule has 0 aromatic heterocycles. The molecule has 8 heteroatoms. The van der Waals surface area contributed by atoms with Gasteiger partial charge >= 0.3 is 13.2 Å². The van der Waals surface area contributed by atoms with Gasteiger partial charge in [-0.3, -0.25) is 4.79 Å². The Bertz CT molecular complexity index is 611. The Kier molecular flexibility index (Phi) is 7.68. The van der Waals surface area contributed by atoms with Crippen molar-refractivity contribution in [3.8, 4) is 0 Å². The maximum atomic E-state index is 12.1. The molecule has 0 aliphatic carbocycles. The van der Waals surface area contributed by atoms with Gasteiger partial charge in [-0.1, -0.05) is 36.9 Å². The monoisotopic (exact) mass is 360 g/mol. The Morgan fingerprint density at radius 1 is 1.35 bits per heavy atom. The quantitative estimate of drug-likeness (QED) is 0.496. The van der Waals surface area contributed by atoms with Crippen LogP contribution in [0.3, 0.4) is 0 Å². The highest BCUT2D eigenvalue weighted by Crippen LogP contribution is 2.17. The van der Waals surface area contributed by atoms with E-state index >= 15 is 0 Å². The molecule has 2 atom stereocenters. The molecule has 2 rings (SSSR count). The van der Waals surface area contributed by atoms with Crippen molar-refractivity contribution < 1.29 is 24.4 Å². The molecule has 140 valence electrons. The summed E-state index contributed by atoms with van der Waals surface area (Å²) in [6.07, 6.45) is 3.41. The number of benzene rings is 1. The summed E-state index contributed by atoms with van der Waals surface area (Å²) >= 11 is 0. The number of nitrogens with one attached hydrogen (secondary N) is 1. The van der Waals surface area contributed by atoms with Gasteiger partial charge in [0, 0.05) is 6.54 Å². The minimum absolute atomic E-state index is 0.0605. The number of nitrogens with zero attached hydrogens (tertiary/aromatic N) is 1. The van der Waals surface area contributed by atoms with E-state index in [1.54, 1.807) is 4.90 Å². The van der Waals surface area contributed by atoms with Crippen LogP contribution in [-0.2, 0) is 16.0 Å². The van der Waals surface area contributed by atoms with Gasteiger partial charge in [-0.25, -0.2) is 4.79 Å².